The van der Waals surface area contributed by atoms with Crippen LogP contribution in [0.25, 0.3) is 11.1 Å². The summed E-state index contributed by atoms with van der Waals surface area (Å²) >= 11 is 0. The number of ketones is 1. The minimum Gasteiger partial charge on any atom is -0.461 e. The summed E-state index contributed by atoms with van der Waals surface area (Å²) < 4.78 is 10.7. The molecule has 32 heavy (non-hydrogen) atoms. The van der Waals surface area contributed by atoms with Gasteiger partial charge in [-0.25, -0.2) is 9.59 Å². The molecule has 8 nitrogen and oxygen atoms in total. The first kappa shape index (κ1) is 22.9. The molecule has 3 rings (SSSR count). The lowest BCUT2D eigenvalue weighted by Gasteiger charge is -2.19. The third-order valence-corrected chi connectivity index (χ3v) is 5.16. The Labute approximate surface area is 186 Å². The van der Waals surface area contributed by atoms with E-state index in [1.165, 1.54) is 0 Å². The second-order valence-corrected chi connectivity index (χ2v) is 7.77. The maximum atomic E-state index is 12.5. The van der Waals surface area contributed by atoms with E-state index in [1.807, 2.05) is 48.5 Å². The Morgan fingerprint density at radius 3 is 2.22 bits per heavy atom. The van der Waals surface area contributed by atoms with Crippen LogP contribution >= 0.6 is 0 Å². The van der Waals surface area contributed by atoms with Crippen LogP contribution in [-0.2, 0) is 19.1 Å². The normalized spacial score (nSPS) is 12.8. The standard InChI is InChI=1S/C24H25N3O5/c1-15(2)32-23(29)22(12-11-16(28)13-26-25)27-24(30)31-14-21-19-9-5-3-7-17(19)18-8-4-6-10-20(18)21/h3-10,13,15,21-22,25H,11-12,14H2,1-2H3/p+1/t22-/m0/s1. The topological polar surface area (TPSA) is 120 Å². The van der Waals surface area contributed by atoms with E-state index >= 15 is 0 Å². The minimum absolute atomic E-state index is 0.0145. The maximum Gasteiger partial charge on any atom is 0.407 e. The van der Waals surface area contributed by atoms with Crippen LogP contribution in [0.1, 0.15) is 43.7 Å². The molecule has 0 aliphatic heterocycles. The van der Waals surface area contributed by atoms with E-state index in [0.29, 0.717) is 0 Å². The van der Waals surface area contributed by atoms with Crippen molar-refractivity contribution in [3.63, 3.8) is 0 Å². The Bertz CT molecular complexity index is 1010. The number of rotatable bonds is 9. The summed E-state index contributed by atoms with van der Waals surface area (Å²) in [5.74, 6) is -1.18. The highest BCUT2D eigenvalue weighted by molar-refractivity contribution is 6.25. The largest absolute Gasteiger partial charge is 0.461 e. The lowest BCUT2D eigenvalue weighted by atomic mass is 9.98. The second kappa shape index (κ2) is 10.5. The molecule has 0 saturated heterocycles. The molecule has 2 N–H and O–H groups in total. The molecule has 1 aliphatic carbocycles. The predicted octanol–water partition coefficient (Wildman–Crippen LogP) is 3.50. The van der Waals surface area contributed by atoms with Gasteiger partial charge in [0.2, 0.25) is 5.78 Å². The van der Waals surface area contributed by atoms with Crippen LogP contribution in [-0.4, -0.2) is 47.6 Å². The number of esters is 1. The Morgan fingerprint density at radius 2 is 1.66 bits per heavy atom. The lowest BCUT2D eigenvalue weighted by molar-refractivity contribution is -0.150. The molecule has 8 heteroatoms. The summed E-state index contributed by atoms with van der Waals surface area (Å²) in [6.07, 6.45) is -0.332. The highest BCUT2D eigenvalue weighted by Gasteiger charge is 2.30. The molecule has 1 atom stereocenters. The Balaban J connectivity index is 1.66. The van der Waals surface area contributed by atoms with Crippen molar-refractivity contribution in [1.82, 2.24) is 5.32 Å². The van der Waals surface area contributed by atoms with Crippen LogP contribution in [0, 0.1) is 5.53 Å². The zero-order chi connectivity index (χ0) is 23.1. The first-order chi connectivity index (χ1) is 15.4. The zero-order valence-electron chi connectivity index (χ0n) is 18.0. The molecule has 0 spiro atoms. The molecule has 0 bridgehead atoms. The van der Waals surface area contributed by atoms with E-state index in [1.54, 1.807) is 13.8 Å². The third kappa shape index (κ3) is 5.47. The number of benzene rings is 2. The summed E-state index contributed by atoms with van der Waals surface area (Å²) in [5.41, 5.74) is 11.1. The number of amides is 1. The Hall–Kier alpha value is -3.77. The van der Waals surface area contributed by atoms with E-state index in [-0.39, 0.29) is 31.5 Å². The van der Waals surface area contributed by atoms with Gasteiger partial charge in [-0.2, -0.15) is 0 Å². The van der Waals surface area contributed by atoms with Gasteiger partial charge in [0.15, 0.2) is 0 Å². The van der Waals surface area contributed by atoms with Gasteiger partial charge in [0.05, 0.1) is 16.4 Å². The van der Waals surface area contributed by atoms with E-state index in [4.69, 9.17) is 15.0 Å². The summed E-state index contributed by atoms with van der Waals surface area (Å²) in [6.45, 7) is 3.50. The molecule has 2 aromatic rings. The van der Waals surface area contributed by atoms with Crippen molar-refractivity contribution in [3.8, 4) is 11.1 Å². The molecular formula is C24H26N3O5+. The van der Waals surface area contributed by atoms with Crippen molar-refractivity contribution in [1.29, 1.82) is 5.53 Å². The van der Waals surface area contributed by atoms with Gasteiger partial charge in [0, 0.05) is 12.3 Å². The highest BCUT2D eigenvalue weighted by Crippen LogP contribution is 2.44. The molecule has 2 aromatic carbocycles. The van der Waals surface area contributed by atoms with E-state index in [0.717, 1.165) is 28.5 Å². The molecular weight excluding hydrogens is 410 g/mol. The molecule has 166 valence electrons. The second-order valence-electron chi connectivity index (χ2n) is 7.77. The van der Waals surface area contributed by atoms with E-state index in [2.05, 4.69) is 10.1 Å². The van der Waals surface area contributed by atoms with Gasteiger partial charge in [-0.3, -0.25) is 4.79 Å². The molecule has 1 amide bonds. The SMILES string of the molecule is CC(C)OC(=O)[C@H](CCC(=O)C=[N+]=N)NC(=O)OCC1c2ccccc2-c2ccccc21. The molecule has 0 saturated carbocycles. The number of carbonyl (C=O) groups is 3. The predicted molar refractivity (Wildman–Crippen MR) is 117 cm³/mol. The number of fused-ring (bicyclic) bond motifs is 3. The van der Waals surface area contributed by atoms with Gasteiger partial charge >= 0.3 is 18.3 Å². The number of hydrogen-bond acceptors (Lipinski definition) is 6. The molecule has 0 fully saturated rings. The number of nitrogens with zero attached hydrogens (tertiary/aromatic N) is 1. The minimum atomic E-state index is -1.05. The first-order valence-corrected chi connectivity index (χ1v) is 10.4. The quantitative estimate of drug-likeness (QED) is 0.270. The van der Waals surface area contributed by atoms with Gasteiger partial charge in [-0.15, -0.1) is 0 Å². The monoisotopic (exact) mass is 436 g/mol. The number of Topliss-reactive ketones (excluding diaryl/α,β-unsaturated/α-hetero) is 1. The van der Waals surface area contributed by atoms with Crippen molar-refractivity contribution in [2.24, 2.45) is 0 Å². The number of hydrogen-bond donors (Lipinski definition) is 2. The fraction of sp³-hybridized carbons (Fsp3) is 0.333. The van der Waals surface area contributed by atoms with Gasteiger partial charge in [-0.05, 0) is 42.5 Å². The van der Waals surface area contributed by atoms with Crippen molar-refractivity contribution >= 4 is 24.1 Å². The molecule has 0 heterocycles. The van der Waals surface area contributed by atoms with Crippen LogP contribution in [0.4, 0.5) is 4.79 Å². The number of alkyl carbamates (subject to hydrolysis) is 1. The Morgan fingerprint density at radius 1 is 1.06 bits per heavy atom. The maximum absolute atomic E-state index is 12.5. The van der Waals surface area contributed by atoms with Gasteiger partial charge in [0.1, 0.15) is 12.6 Å². The van der Waals surface area contributed by atoms with Gasteiger partial charge in [0.25, 0.3) is 0 Å². The van der Waals surface area contributed by atoms with E-state index < -0.39 is 23.9 Å². The molecule has 0 radical (unpaired) electrons. The zero-order valence-corrected chi connectivity index (χ0v) is 18.0. The van der Waals surface area contributed by atoms with Crippen molar-refractivity contribution in [2.45, 2.75) is 44.8 Å². The van der Waals surface area contributed by atoms with Crippen molar-refractivity contribution in [2.75, 3.05) is 6.61 Å². The van der Waals surface area contributed by atoms with Crippen LogP contribution in [0.3, 0.4) is 0 Å². The van der Waals surface area contributed by atoms with Crippen LogP contribution < -0.4 is 5.32 Å². The van der Waals surface area contributed by atoms with Crippen LogP contribution in [0.5, 0.6) is 0 Å². The summed E-state index contributed by atoms with van der Waals surface area (Å²) in [6, 6.07) is 14.9. The molecule has 1 aliphatic rings. The smallest absolute Gasteiger partial charge is 0.407 e. The van der Waals surface area contributed by atoms with Gasteiger partial charge in [-0.1, -0.05) is 48.5 Å². The highest BCUT2D eigenvalue weighted by atomic mass is 16.6. The summed E-state index contributed by atoms with van der Waals surface area (Å²) in [5, 5.41) is 2.51. The summed E-state index contributed by atoms with van der Waals surface area (Å²) in [4.78, 5) is 39.5. The summed E-state index contributed by atoms with van der Waals surface area (Å²) in [7, 11) is 0. The number of nitrogens with one attached hydrogen (secondary N) is 2. The average Bonchev–Trinajstić information content (AvgIpc) is 3.08. The molecule has 0 aromatic heterocycles. The first-order valence-electron chi connectivity index (χ1n) is 10.4. The fourth-order valence-electron chi connectivity index (χ4n) is 3.77. The van der Waals surface area contributed by atoms with Gasteiger partial charge < -0.3 is 14.8 Å². The average molecular weight is 436 g/mol. The third-order valence-electron chi connectivity index (χ3n) is 5.16. The van der Waals surface area contributed by atoms with Crippen molar-refractivity contribution < 1.29 is 28.6 Å². The van der Waals surface area contributed by atoms with E-state index in [9.17, 15) is 14.4 Å². The number of ether oxygens (including phenoxy) is 2. The van der Waals surface area contributed by atoms with Crippen LogP contribution in [0.2, 0.25) is 0 Å². The molecule has 0 unspecified atom stereocenters. The van der Waals surface area contributed by atoms with Crippen LogP contribution in [0.15, 0.2) is 48.5 Å². The lowest BCUT2D eigenvalue weighted by Crippen LogP contribution is -2.43. The Kier molecular flexibility index (Phi) is 7.52. The fourth-order valence-corrected chi connectivity index (χ4v) is 3.77. The van der Waals surface area contributed by atoms with Crippen molar-refractivity contribution in [3.05, 3.63) is 59.7 Å². The number of carbonyl (C=O) groups excluding carboxylic acids is 3.